The lowest BCUT2D eigenvalue weighted by Crippen LogP contribution is -2.23. The van der Waals surface area contributed by atoms with Crippen molar-refractivity contribution in [3.8, 4) is 0 Å². The van der Waals surface area contributed by atoms with Gasteiger partial charge in [-0.05, 0) is 26.2 Å². The largest absolute Gasteiger partial charge is 0.329 e. The number of rotatable bonds is 4. The fourth-order valence-electron chi connectivity index (χ4n) is 2.74. The Hall–Kier alpha value is -0.830. The van der Waals surface area contributed by atoms with Crippen molar-refractivity contribution >= 4 is 0 Å². The summed E-state index contributed by atoms with van der Waals surface area (Å²) in [6, 6.07) is 1.16. The van der Waals surface area contributed by atoms with Gasteiger partial charge in [0.05, 0.1) is 5.69 Å². The van der Waals surface area contributed by atoms with Gasteiger partial charge in [0.15, 0.2) is 0 Å². The van der Waals surface area contributed by atoms with Gasteiger partial charge in [0.1, 0.15) is 5.82 Å². The average molecular weight is 235 g/mol. The fourth-order valence-corrected chi connectivity index (χ4v) is 2.74. The molecular formula is C14H25N3. The lowest BCUT2D eigenvalue weighted by atomic mass is 10.0. The molecule has 1 aromatic rings. The molecule has 1 aliphatic heterocycles. The standard InChI is InChI=1S/C14H25N3/c1-5-14-16-12(9-15-10(2)3)13-8-6-7-11(4)17(13)14/h10-11,15H,5-9H2,1-4H3. The van der Waals surface area contributed by atoms with Gasteiger partial charge in [0.2, 0.25) is 0 Å². The van der Waals surface area contributed by atoms with Crippen LogP contribution in [0.15, 0.2) is 0 Å². The van der Waals surface area contributed by atoms with E-state index in [1.165, 1.54) is 36.5 Å². The minimum atomic E-state index is 0.526. The smallest absolute Gasteiger partial charge is 0.109 e. The molecule has 2 rings (SSSR count). The summed E-state index contributed by atoms with van der Waals surface area (Å²) < 4.78 is 2.49. The molecule has 0 aliphatic carbocycles. The molecule has 1 aliphatic rings. The molecule has 0 fully saturated rings. The molecule has 0 radical (unpaired) electrons. The van der Waals surface area contributed by atoms with Crippen molar-refractivity contribution in [2.45, 2.75) is 72.0 Å². The van der Waals surface area contributed by atoms with Crippen LogP contribution in [-0.2, 0) is 19.4 Å². The summed E-state index contributed by atoms with van der Waals surface area (Å²) in [7, 11) is 0. The van der Waals surface area contributed by atoms with Gasteiger partial charge in [-0.2, -0.15) is 0 Å². The molecule has 0 aromatic carbocycles. The van der Waals surface area contributed by atoms with Crippen molar-refractivity contribution < 1.29 is 0 Å². The van der Waals surface area contributed by atoms with Gasteiger partial charge in [0, 0.05) is 30.7 Å². The summed E-state index contributed by atoms with van der Waals surface area (Å²) >= 11 is 0. The molecule has 1 atom stereocenters. The Labute approximate surface area is 105 Å². The Morgan fingerprint density at radius 2 is 2.24 bits per heavy atom. The van der Waals surface area contributed by atoms with Gasteiger partial charge in [-0.3, -0.25) is 0 Å². The zero-order chi connectivity index (χ0) is 12.4. The van der Waals surface area contributed by atoms with Crippen LogP contribution in [-0.4, -0.2) is 15.6 Å². The third-order valence-electron chi connectivity index (χ3n) is 3.64. The average Bonchev–Trinajstić information content (AvgIpc) is 2.66. The number of hydrogen-bond donors (Lipinski definition) is 1. The molecule has 3 nitrogen and oxygen atoms in total. The number of imidazole rings is 1. The monoisotopic (exact) mass is 235 g/mol. The first-order valence-electron chi connectivity index (χ1n) is 6.95. The number of nitrogens with one attached hydrogen (secondary N) is 1. The van der Waals surface area contributed by atoms with Gasteiger partial charge < -0.3 is 9.88 Å². The molecule has 1 aromatic heterocycles. The molecular weight excluding hydrogens is 210 g/mol. The van der Waals surface area contributed by atoms with E-state index in [2.05, 4.69) is 37.6 Å². The van der Waals surface area contributed by atoms with E-state index in [0.29, 0.717) is 12.1 Å². The molecule has 0 amide bonds. The summed E-state index contributed by atoms with van der Waals surface area (Å²) in [6.45, 7) is 9.82. The number of fused-ring (bicyclic) bond motifs is 1. The van der Waals surface area contributed by atoms with Crippen LogP contribution in [0.5, 0.6) is 0 Å². The molecule has 0 saturated heterocycles. The lowest BCUT2D eigenvalue weighted by molar-refractivity contribution is 0.417. The van der Waals surface area contributed by atoms with E-state index in [9.17, 15) is 0 Å². The van der Waals surface area contributed by atoms with Crippen molar-refractivity contribution in [3.05, 3.63) is 17.2 Å². The van der Waals surface area contributed by atoms with Gasteiger partial charge in [-0.1, -0.05) is 20.8 Å². The summed E-state index contributed by atoms with van der Waals surface area (Å²) in [6.07, 6.45) is 4.85. The van der Waals surface area contributed by atoms with Crippen molar-refractivity contribution in [1.29, 1.82) is 0 Å². The van der Waals surface area contributed by atoms with Gasteiger partial charge >= 0.3 is 0 Å². The highest BCUT2D eigenvalue weighted by Gasteiger charge is 2.23. The SMILES string of the molecule is CCc1nc(CNC(C)C)c2n1C(C)CCC2. The Bertz CT molecular complexity index is 379. The maximum absolute atomic E-state index is 4.83. The summed E-state index contributed by atoms with van der Waals surface area (Å²) in [5.41, 5.74) is 2.76. The van der Waals surface area contributed by atoms with Crippen LogP contribution in [0.2, 0.25) is 0 Å². The minimum absolute atomic E-state index is 0.526. The molecule has 1 N–H and O–H groups in total. The van der Waals surface area contributed by atoms with Gasteiger partial charge in [0.25, 0.3) is 0 Å². The van der Waals surface area contributed by atoms with Gasteiger partial charge in [-0.15, -0.1) is 0 Å². The van der Waals surface area contributed by atoms with E-state index in [1.807, 2.05) is 0 Å². The van der Waals surface area contributed by atoms with Crippen molar-refractivity contribution in [2.24, 2.45) is 0 Å². The van der Waals surface area contributed by atoms with Crippen molar-refractivity contribution in [3.63, 3.8) is 0 Å². The third-order valence-corrected chi connectivity index (χ3v) is 3.64. The minimum Gasteiger partial charge on any atom is -0.329 e. The molecule has 0 bridgehead atoms. The molecule has 0 spiro atoms. The Morgan fingerprint density at radius 1 is 1.47 bits per heavy atom. The lowest BCUT2D eigenvalue weighted by Gasteiger charge is -2.24. The van der Waals surface area contributed by atoms with E-state index < -0.39 is 0 Å². The number of nitrogens with zero attached hydrogens (tertiary/aromatic N) is 2. The van der Waals surface area contributed by atoms with Gasteiger partial charge in [-0.25, -0.2) is 4.98 Å². The summed E-state index contributed by atoms with van der Waals surface area (Å²) in [4.78, 5) is 4.83. The molecule has 2 heterocycles. The first-order valence-corrected chi connectivity index (χ1v) is 6.95. The number of aryl methyl sites for hydroxylation is 1. The molecule has 0 saturated carbocycles. The second kappa shape index (κ2) is 5.21. The predicted molar refractivity (Wildman–Crippen MR) is 71.2 cm³/mol. The van der Waals surface area contributed by atoms with Crippen LogP contribution in [0.4, 0.5) is 0 Å². The zero-order valence-corrected chi connectivity index (χ0v) is 11.6. The zero-order valence-electron chi connectivity index (χ0n) is 11.6. The van der Waals surface area contributed by atoms with Crippen LogP contribution in [0.25, 0.3) is 0 Å². The second-order valence-corrected chi connectivity index (χ2v) is 5.42. The Morgan fingerprint density at radius 3 is 2.88 bits per heavy atom. The van der Waals surface area contributed by atoms with Crippen LogP contribution in [0.1, 0.15) is 63.8 Å². The molecule has 1 unspecified atom stereocenters. The van der Waals surface area contributed by atoms with E-state index in [4.69, 9.17) is 4.98 Å². The maximum Gasteiger partial charge on any atom is 0.109 e. The van der Waals surface area contributed by atoms with E-state index in [0.717, 1.165) is 13.0 Å². The summed E-state index contributed by atoms with van der Waals surface area (Å²) in [5, 5.41) is 3.49. The van der Waals surface area contributed by atoms with E-state index in [1.54, 1.807) is 0 Å². The topological polar surface area (TPSA) is 29.9 Å². The van der Waals surface area contributed by atoms with E-state index >= 15 is 0 Å². The van der Waals surface area contributed by atoms with Crippen LogP contribution in [0.3, 0.4) is 0 Å². The van der Waals surface area contributed by atoms with Crippen molar-refractivity contribution in [1.82, 2.24) is 14.9 Å². The number of aromatic nitrogens is 2. The quantitative estimate of drug-likeness (QED) is 0.869. The first-order chi connectivity index (χ1) is 8.13. The molecule has 96 valence electrons. The fraction of sp³-hybridized carbons (Fsp3) is 0.786. The third kappa shape index (κ3) is 2.54. The Kier molecular flexibility index (Phi) is 3.87. The Balaban J connectivity index is 2.27. The first kappa shape index (κ1) is 12.6. The number of hydrogen-bond acceptors (Lipinski definition) is 2. The van der Waals surface area contributed by atoms with Crippen LogP contribution < -0.4 is 5.32 Å². The van der Waals surface area contributed by atoms with Crippen molar-refractivity contribution in [2.75, 3.05) is 0 Å². The highest BCUT2D eigenvalue weighted by atomic mass is 15.1. The summed E-state index contributed by atoms with van der Waals surface area (Å²) in [5.74, 6) is 1.27. The second-order valence-electron chi connectivity index (χ2n) is 5.42. The normalized spacial score (nSPS) is 19.7. The maximum atomic E-state index is 4.83. The molecule has 3 heteroatoms. The highest BCUT2D eigenvalue weighted by molar-refractivity contribution is 5.20. The van der Waals surface area contributed by atoms with Crippen LogP contribution >= 0.6 is 0 Å². The van der Waals surface area contributed by atoms with E-state index in [-0.39, 0.29) is 0 Å². The highest BCUT2D eigenvalue weighted by Crippen LogP contribution is 2.28. The molecule has 17 heavy (non-hydrogen) atoms. The van der Waals surface area contributed by atoms with Crippen LogP contribution in [0, 0.1) is 0 Å². The predicted octanol–water partition coefficient (Wildman–Crippen LogP) is 2.84.